The Morgan fingerprint density at radius 2 is 2.24 bits per heavy atom. The second-order valence-corrected chi connectivity index (χ2v) is 4.43. The van der Waals surface area contributed by atoms with Crippen LogP contribution in [-0.2, 0) is 17.6 Å². The molecule has 0 radical (unpaired) electrons. The fourth-order valence-corrected chi connectivity index (χ4v) is 2.68. The molecule has 1 aromatic heterocycles. The molecule has 0 aromatic carbocycles. The van der Waals surface area contributed by atoms with Crippen molar-refractivity contribution in [2.75, 3.05) is 6.61 Å². The molecule has 17 heavy (non-hydrogen) atoms. The van der Waals surface area contributed by atoms with Gasteiger partial charge in [-0.1, -0.05) is 11.6 Å². The largest absolute Gasteiger partial charge is 0.491 e. The van der Waals surface area contributed by atoms with Crippen LogP contribution in [0.25, 0.3) is 5.57 Å². The van der Waals surface area contributed by atoms with Crippen LogP contribution in [0.3, 0.4) is 0 Å². The minimum Gasteiger partial charge on any atom is -0.491 e. The fourth-order valence-electron chi connectivity index (χ4n) is 2.37. The van der Waals surface area contributed by atoms with E-state index in [1.165, 1.54) is 0 Å². The topological polar surface area (TPSA) is 91.2 Å². The van der Waals surface area contributed by atoms with E-state index in [4.69, 9.17) is 27.8 Å². The number of halogens is 1. The van der Waals surface area contributed by atoms with E-state index in [0.29, 0.717) is 30.0 Å². The van der Waals surface area contributed by atoms with Crippen LogP contribution < -0.4 is 16.2 Å². The van der Waals surface area contributed by atoms with Crippen LogP contribution in [0.15, 0.2) is 5.70 Å². The number of pyridine rings is 1. The van der Waals surface area contributed by atoms with Gasteiger partial charge in [0.25, 0.3) is 5.91 Å². The highest BCUT2D eigenvalue weighted by atomic mass is 35.5. The fraction of sp³-hybridized carbons (Fsp3) is 0.273. The van der Waals surface area contributed by atoms with E-state index in [2.05, 4.69) is 4.98 Å². The maximum atomic E-state index is 11.4. The van der Waals surface area contributed by atoms with Gasteiger partial charge >= 0.3 is 0 Å². The van der Waals surface area contributed by atoms with Gasteiger partial charge in [0.2, 0.25) is 0 Å². The van der Waals surface area contributed by atoms with Gasteiger partial charge in [0.1, 0.15) is 10.9 Å². The highest BCUT2D eigenvalue weighted by Gasteiger charge is 2.33. The van der Waals surface area contributed by atoms with Gasteiger partial charge in [-0.05, 0) is 0 Å². The Morgan fingerprint density at radius 3 is 2.94 bits per heavy atom. The van der Waals surface area contributed by atoms with Gasteiger partial charge in [-0.3, -0.25) is 4.79 Å². The Labute approximate surface area is 102 Å². The molecule has 0 saturated heterocycles. The van der Waals surface area contributed by atoms with E-state index in [1.54, 1.807) is 0 Å². The Balaban J connectivity index is 2.28. The predicted octanol–water partition coefficient (Wildman–Crippen LogP) is 0.381. The number of carbonyl (C=O) groups excluding carboxylic acids is 1. The molecule has 4 N–H and O–H groups in total. The molecule has 1 aromatic rings. The van der Waals surface area contributed by atoms with E-state index in [9.17, 15) is 4.79 Å². The molecule has 0 spiro atoms. The number of fused-ring (bicyclic) bond motifs is 3. The average Bonchev–Trinajstić information content (AvgIpc) is 2.80. The van der Waals surface area contributed by atoms with E-state index < -0.39 is 5.91 Å². The number of aromatic nitrogens is 1. The summed E-state index contributed by atoms with van der Waals surface area (Å²) in [6.07, 6.45) is 1.17. The van der Waals surface area contributed by atoms with Crippen LogP contribution in [0.1, 0.15) is 16.8 Å². The van der Waals surface area contributed by atoms with Crippen molar-refractivity contribution in [3.63, 3.8) is 0 Å². The van der Waals surface area contributed by atoms with Crippen molar-refractivity contribution < 1.29 is 9.53 Å². The second kappa shape index (κ2) is 3.37. The second-order valence-electron chi connectivity index (χ2n) is 4.07. The standard InChI is InChI=1S/C11H10ClN3O2/c12-10-7-4(3-5(13)8(7)11(14)16)9-6(15-10)1-2-17-9/h1-3,13H2,(H2,14,16). The molecule has 1 aliphatic carbocycles. The predicted molar refractivity (Wildman–Crippen MR) is 62.5 cm³/mol. The molecule has 1 amide bonds. The molecule has 2 aliphatic rings. The monoisotopic (exact) mass is 251 g/mol. The lowest BCUT2D eigenvalue weighted by molar-refractivity contribution is -0.112. The minimum atomic E-state index is -0.581. The minimum absolute atomic E-state index is 0.274. The van der Waals surface area contributed by atoms with Crippen LogP contribution in [0.5, 0.6) is 5.75 Å². The normalized spacial score (nSPS) is 16.8. The Kier molecular flexibility index (Phi) is 2.06. The summed E-state index contributed by atoms with van der Waals surface area (Å²) in [6.45, 7) is 0.584. The maximum absolute atomic E-state index is 11.4. The maximum Gasteiger partial charge on any atom is 0.251 e. The number of amides is 1. The summed E-state index contributed by atoms with van der Waals surface area (Å²) in [7, 11) is 0. The molecule has 0 bridgehead atoms. The molecule has 0 atom stereocenters. The quantitative estimate of drug-likeness (QED) is 0.706. The molecule has 3 rings (SSSR count). The number of rotatable bonds is 1. The molecule has 5 nitrogen and oxygen atoms in total. The lowest BCUT2D eigenvalue weighted by Crippen LogP contribution is -2.15. The summed E-state index contributed by atoms with van der Waals surface area (Å²) in [4.78, 5) is 15.6. The summed E-state index contributed by atoms with van der Waals surface area (Å²) >= 11 is 6.09. The van der Waals surface area contributed by atoms with Crippen molar-refractivity contribution in [1.29, 1.82) is 0 Å². The van der Waals surface area contributed by atoms with Crippen LogP contribution in [0, 0.1) is 0 Å². The molecular weight excluding hydrogens is 242 g/mol. The zero-order valence-electron chi connectivity index (χ0n) is 8.92. The smallest absolute Gasteiger partial charge is 0.251 e. The first-order valence-corrected chi connectivity index (χ1v) is 5.60. The van der Waals surface area contributed by atoms with Crippen molar-refractivity contribution >= 4 is 23.1 Å². The third-order valence-corrected chi connectivity index (χ3v) is 3.32. The van der Waals surface area contributed by atoms with E-state index >= 15 is 0 Å². The zero-order chi connectivity index (χ0) is 12.2. The van der Waals surface area contributed by atoms with Crippen LogP contribution >= 0.6 is 11.6 Å². The number of nitrogens with two attached hydrogens (primary N) is 2. The summed E-state index contributed by atoms with van der Waals surface area (Å²) in [5, 5.41) is 0.276. The van der Waals surface area contributed by atoms with Gasteiger partial charge in [-0.25, -0.2) is 4.98 Å². The first-order chi connectivity index (χ1) is 8.09. The van der Waals surface area contributed by atoms with Gasteiger partial charge in [0.05, 0.1) is 17.9 Å². The lowest BCUT2D eigenvalue weighted by Gasteiger charge is -2.08. The lowest BCUT2D eigenvalue weighted by atomic mass is 10.1. The van der Waals surface area contributed by atoms with Crippen molar-refractivity contribution in [2.24, 2.45) is 11.5 Å². The molecule has 88 valence electrons. The number of nitrogens with zero attached hydrogens (tertiary/aromatic N) is 1. The summed E-state index contributed by atoms with van der Waals surface area (Å²) in [6, 6.07) is 0. The number of hydrogen-bond donors (Lipinski definition) is 2. The molecule has 0 saturated carbocycles. The van der Waals surface area contributed by atoms with Gasteiger partial charge < -0.3 is 16.2 Å². The SMILES string of the molecule is NC(=O)C1=C(N)Cc2c3c(nc(Cl)c21)CCO3. The average molecular weight is 252 g/mol. The van der Waals surface area contributed by atoms with Gasteiger partial charge in [-0.15, -0.1) is 0 Å². The van der Waals surface area contributed by atoms with Gasteiger partial charge in [-0.2, -0.15) is 0 Å². The molecule has 2 heterocycles. The van der Waals surface area contributed by atoms with Crippen LogP contribution in [0.4, 0.5) is 0 Å². The van der Waals surface area contributed by atoms with Gasteiger partial charge in [0, 0.05) is 29.7 Å². The Bertz CT molecular complexity index is 581. The molecule has 0 fully saturated rings. The summed E-state index contributed by atoms with van der Waals surface area (Å²) < 4.78 is 5.52. The molecule has 0 unspecified atom stereocenters. The molecule has 6 heteroatoms. The summed E-state index contributed by atoms with van der Waals surface area (Å²) in [5.74, 6) is 0.131. The number of ether oxygens (including phenoxy) is 1. The first-order valence-electron chi connectivity index (χ1n) is 5.22. The number of allylic oxidation sites excluding steroid dienone is 1. The van der Waals surface area contributed by atoms with Crippen molar-refractivity contribution in [2.45, 2.75) is 12.8 Å². The highest BCUT2D eigenvalue weighted by Crippen LogP contribution is 2.43. The third-order valence-electron chi connectivity index (χ3n) is 3.05. The Morgan fingerprint density at radius 1 is 1.47 bits per heavy atom. The number of carbonyl (C=O) groups is 1. The van der Waals surface area contributed by atoms with E-state index in [-0.39, 0.29) is 10.7 Å². The van der Waals surface area contributed by atoms with Crippen LogP contribution in [0.2, 0.25) is 5.15 Å². The van der Waals surface area contributed by atoms with E-state index in [0.717, 1.165) is 17.7 Å². The van der Waals surface area contributed by atoms with Gasteiger partial charge in [0.15, 0.2) is 0 Å². The number of primary amides is 1. The Hall–Kier alpha value is -1.75. The first kappa shape index (κ1) is 10.4. The third kappa shape index (κ3) is 1.32. The summed E-state index contributed by atoms with van der Waals surface area (Å²) in [5.41, 5.74) is 14.0. The zero-order valence-corrected chi connectivity index (χ0v) is 9.67. The highest BCUT2D eigenvalue weighted by molar-refractivity contribution is 6.34. The van der Waals surface area contributed by atoms with Crippen molar-refractivity contribution in [3.8, 4) is 5.75 Å². The number of hydrogen-bond acceptors (Lipinski definition) is 4. The van der Waals surface area contributed by atoms with Crippen molar-refractivity contribution in [3.05, 3.63) is 27.7 Å². The molecular formula is C11H10ClN3O2. The van der Waals surface area contributed by atoms with Crippen molar-refractivity contribution in [1.82, 2.24) is 4.98 Å². The van der Waals surface area contributed by atoms with Crippen LogP contribution in [-0.4, -0.2) is 17.5 Å². The molecule has 1 aliphatic heterocycles. The van der Waals surface area contributed by atoms with E-state index in [1.807, 2.05) is 0 Å².